The molecule has 0 N–H and O–H groups in total. The molecule has 1 heterocycles. The van der Waals surface area contributed by atoms with E-state index in [4.69, 9.17) is 0 Å². The van der Waals surface area contributed by atoms with Crippen molar-refractivity contribution in [2.45, 2.75) is 17.9 Å². The van der Waals surface area contributed by atoms with Crippen molar-refractivity contribution in [3.05, 3.63) is 71.3 Å². The van der Waals surface area contributed by atoms with Gasteiger partial charge in [0.05, 0.1) is 0 Å². The molecule has 0 fully saturated rings. The molecule has 0 saturated heterocycles. The Morgan fingerprint density at radius 3 is 1.77 bits per heavy atom. The first-order chi connectivity index (χ1) is 14.3. The van der Waals surface area contributed by atoms with Crippen molar-refractivity contribution in [1.82, 2.24) is 4.90 Å². The largest absolute Gasteiger partial charge is 0.430 e. The molecule has 12 heteroatoms. The van der Waals surface area contributed by atoms with Gasteiger partial charge in [0.1, 0.15) is 17.5 Å². The molecule has 2 aromatic rings. The number of amides is 1. The fourth-order valence-electron chi connectivity index (χ4n) is 2.93. The normalized spacial score (nSPS) is 17.8. The van der Waals surface area contributed by atoms with E-state index in [0.717, 1.165) is 55.6 Å². The summed E-state index contributed by atoms with van der Waals surface area (Å²) in [5.74, 6) is -5.57. The van der Waals surface area contributed by atoms with Crippen LogP contribution < -0.4 is 0 Å². The molecular weight excluding hydrogens is 438 g/mol. The lowest BCUT2D eigenvalue weighted by Gasteiger charge is -2.32. The quantitative estimate of drug-likeness (QED) is 0.621. The molecule has 0 aromatic heterocycles. The van der Waals surface area contributed by atoms with Crippen LogP contribution in [0.2, 0.25) is 0 Å². The van der Waals surface area contributed by atoms with Crippen LogP contribution in [0.3, 0.4) is 0 Å². The van der Waals surface area contributed by atoms with Crippen LogP contribution in [0.25, 0.3) is 0 Å². The Balaban J connectivity index is 2.23. The van der Waals surface area contributed by atoms with Crippen molar-refractivity contribution in [3.8, 4) is 0 Å². The maximum atomic E-state index is 13.8. The first-order valence-corrected chi connectivity index (χ1v) is 8.40. The number of nitrogens with zero attached hydrogens (tertiary/aromatic N) is 3. The third-order valence-corrected chi connectivity index (χ3v) is 4.45. The number of likely N-dealkylation sites (N-methyl/N-ethyl adjacent to an activating group) is 1. The molecule has 164 valence electrons. The molecule has 0 aliphatic carbocycles. The fraction of sp³-hybridized carbons (Fsp3) is 0.211. The highest BCUT2D eigenvalue weighted by Gasteiger charge is 2.78. The van der Waals surface area contributed by atoms with Crippen LogP contribution in [0.1, 0.15) is 15.9 Å². The van der Waals surface area contributed by atoms with Crippen molar-refractivity contribution < 1.29 is 39.9 Å². The van der Waals surface area contributed by atoms with Gasteiger partial charge in [-0.3, -0.25) is 4.79 Å². The van der Waals surface area contributed by atoms with Crippen molar-refractivity contribution in [1.29, 1.82) is 0 Å². The smallest absolute Gasteiger partial charge is 0.315 e. The summed E-state index contributed by atoms with van der Waals surface area (Å²) in [4.78, 5) is 18.7. The van der Waals surface area contributed by atoms with Gasteiger partial charge in [0.25, 0.3) is 5.91 Å². The van der Waals surface area contributed by atoms with Crippen LogP contribution in [-0.2, 0) is 0 Å². The van der Waals surface area contributed by atoms with Crippen molar-refractivity contribution in [3.63, 3.8) is 0 Å². The number of hydrogen-bond acceptors (Lipinski definition) is 2. The average molecular weight is 449 g/mol. The summed E-state index contributed by atoms with van der Waals surface area (Å²) >= 11 is 0. The van der Waals surface area contributed by atoms with E-state index in [9.17, 15) is 39.9 Å². The van der Waals surface area contributed by atoms with Gasteiger partial charge in [0.2, 0.25) is 0 Å². The average Bonchev–Trinajstić information content (AvgIpc) is 2.96. The summed E-state index contributed by atoms with van der Waals surface area (Å²) in [5, 5.41) is 0. The number of rotatable bonds is 2. The molecular formula is C19H11F8N3O. The van der Waals surface area contributed by atoms with E-state index < -0.39 is 52.7 Å². The number of aliphatic imine (C=N–C) groups is 2. The number of carbonyl (C=O) groups excluding carboxylic acids is 1. The molecule has 0 atom stereocenters. The van der Waals surface area contributed by atoms with Gasteiger partial charge in [0.15, 0.2) is 5.84 Å². The Morgan fingerprint density at radius 1 is 0.871 bits per heavy atom. The summed E-state index contributed by atoms with van der Waals surface area (Å²) in [7, 11) is 0.818. The number of carbonyl (C=O) groups is 1. The Hall–Kier alpha value is -3.31. The number of alkyl halides is 6. The lowest BCUT2D eigenvalue weighted by molar-refractivity contribution is -0.270. The van der Waals surface area contributed by atoms with E-state index in [2.05, 4.69) is 9.98 Å². The van der Waals surface area contributed by atoms with E-state index in [1.807, 2.05) is 0 Å². The second-order valence-corrected chi connectivity index (χ2v) is 6.45. The van der Waals surface area contributed by atoms with Gasteiger partial charge in [-0.05, 0) is 48.5 Å². The second-order valence-electron chi connectivity index (χ2n) is 6.45. The van der Waals surface area contributed by atoms with E-state index in [-0.39, 0.29) is 5.56 Å². The maximum Gasteiger partial charge on any atom is 0.430 e. The first-order valence-electron chi connectivity index (χ1n) is 8.40. The van der Waals surface area contributed by atoms with Crippen LogP contribution in [-0.4, -0.2) is 47.4 Å². The van der Waals surface area contributed by atoms with Gasteiger partial charge in [-0.25, -0.2) is 13.8 Å². The molecule has 3 rings (SSSR count). The SMILES string of the molecule is CN1C(c2ccc(F)cc2)=NC(C(F)(F)F)(C(F)(F)F)/C1=N\C(=O)c1ccc(F)cc1. The molecule has 0 spiro atoms. The van der Waals surface area contributed by atoms with Crippen LogP contribution in [0.15, 0.2) is 58.5 Å². The summed E-state index contributed by atoms with van der Waals surface area (Å²) in [5.41, 5.74) is -5.54. The van der Waals surface area contributed by atoms with Gasteiger partial charge >= 0.3 is 17.9 Å². The highest BCUT2D eigenvalue weighted by molar-refractivity contribution is 6.20. The number of halogens is 8. The van der Waals surface area contributed by atoms with Gasteiger partial charge in [-0.15, -0.1) is 0 Å². The minimum atomic E-state index is -6.02. The van der Waals surface area contributed by atoms with Crippen molar-refractivity contribution in [2.75, 3.05) is 7.05 Å². The lowest BCUT2D eigenvalue weighted by Crippen LogP contribution is -2.61. The Morgan fingerprint density at radius 2 is 1.32 bits per heavy atom. The van der Waals surface area contributed by atoms with Crippen LogP contribution in [0.4, 0.5) is 35.1 Å². The molecule has 1 amide bonds. The molecule has 0 saturated carbocycles. The van der Waals surface area contributed by atoms with Gasteiger partial charge in [-0.1, -0.05) is 0 Å². The highest BCUT2D eigenvalue weighted by atomic mass is 19.4. The summed E-state index contributed by atoms with van der Waals surface area (Å²) in [6.45, 7) is 0. The molecule has 1 aliphatic heterocycles. The van der Waals surface area contributed by atoms with Crippen LogP contribution >= 0.6 is 0 Å². The molecule has 4 nitrogen and oxygen atoms in total. The predicted molar refractivity (Wildman–Crippen MR) is 93.7 cm³/mol. The zero-order chi connectivity index (χ0) is 23.2. The first kappa shape index (κ1) is 22.4. The third-order valence-electron chi connectivity index (χ3n) is 4.45. The molecule has 31 heavy (non-hydrogen) atoms. The Bertz CT molecular complexity index is 1040. The minimum absolute atomic E-state index is 0.263. The molecule has 1 aliphatic rings. The van der Waals surface area contributed by atoms with E-state index >= 15 is 0 Å². The van der Waals surface area contributed by atoms with Gasteiger partial charge in [-0.2, -0.15) is 31.3 Å². The van der Waals surface area contributed by atoms with Gasteiger partial charge in [0, 0.05) is 18.2 Å². The molecule has 0 unspecified atom stereocenters. The number of amidine groups is 2. The predicted octanol–water partition coefficient (Wildman–Crippen LogP) is 4.76. The zero-order valence-electron chi connectivity index (χ0n) is 15.4. The van der Waals surface area contributed by atoms with Crippen LogP contribution in [0, 0.1) is 11.6 Å². The Kier molecular flexibility index (Phi) is 5.36. The van der Waals surface area contributed by atoms with E-state index in [0.29, 0.717) is 4.90 Å². The van der Waals surface area contributed by atoms with E-state index in [1.165, 1.54) is 0 Å². The second kappa shape index (κ2) is 7.43. The summed E-state index contributed by atoms with van der Waals surface area (Å²) in [6, 6.07) is 6.85. The summed E-state index contributed by atoms with van der Waals surface area (Å²) in [6.07, 6.45) is -12.0. The van der Waals surface area contributed by atoms with Crippen molar-refractivity contribution in [2.24, 2.45) is 9.98 Å². The fourth-order valence-corrected chi connectivity index (χ4v) is 2.93. The summed E-state index contributed by atoms with van der Waals surface area (Å²) < 4.78 is 109. The minimum Gasteiger partial charge on any atom is -0.315 e. The lowest BCUT2D eigenvalue weighted by atomic mass is 9.97. The maximum absolute atomic E-state index is 13.8. The van der Waals surface area contributed by atoms with Crippen molar-refractivity contribution >= 4 is 17.6 Å². The van der Waals surface area contributed by atoms with Gasteiger partial charge < -0.3 is 4.90 Å². The highest BCUT2D eigenvalue weighted by Crippen LogP contribution is 2.50. The van der Waals surface area contributed by atoms with Crippen LogP contribution in [0.5, 0.6) is 0 Å². The third kappa shape index (κ3) is 3.77. The topological polar surface area (TPSA) is 45.0 Å². The Labute approximate surface area is 169 Å². The van der Waals surface area contributed by atoms with E-state index in [1.54, 1.807) is 0 Å². The molecule has 0 radical (unpaired) electrons. The standard InChI is InChI=1S/C19H11F8N3O/c1-30-14(10-2-6-12(20)7-3-10)29-17(18(22,23)24,19(25,26)27)16(30)28-15(31)11-4-8-13(21)9-5-11/h2-9H,1H3/b28-16+. The molecule has 0 bridgehead atoms. The zero-order valence-corrected chi connectivity index (χ0v) is 15.4. The number of hydrogen-bond donors (Lipinski definition) is 0. The monoisotopic (exact) mass is 449 g/mol. The molecule has 2 aromatic carbocycles. The number of benzene rings is 2.